The molecule has 0 fully saturated rings. The topological polar surface area (TPSA) is 71.8 Å². The molecule has 1 aromatic rings. The minimum atomic E-state index is -0.988. The number of carbonyl (C=O) groups is 1. The number of aromatic nitrogens is 1. The van der Waals surface area contributed by atoms with Crippen molar-refractivity contribution in [2.45, 2.75) is 12.5 Å². The maximum atomic E-state index is 10.6. The number of hydrogen-bond donors (Lipinski definition) is 1. The molecule has 0 aromatic carbocycles. The van der Waals surface area contributed by atoms with Gasteiger partial charge in [0.05, 0.1) is 5.71 Å². The fourth-order valence-corrected chi connectivity index (χ4v) is 1.22. The van der Waals surface area contributed by atoms with Crippen molar-refractivity contribution in [1.29, 1.82) is 0 Å². The van der Waals surface area contributed by atoms with Crippen molar-refractivity contribution in [3.05, 3.63) is 30.1 Å². The van der Waals surface area contributed by atoms with E-state index in [2.05, 4.69) is 10.1 Å². The smallest absolute Gasteiger partial charge is 0.348 e. The Hall–Kier alpha value is -1.91. The minimum absolute atomic E-state index is 0.305. The molecule has 72 valence electrons. The first-order valence-corrected chi connectivity index (χ1v) is 4.13. The summed E-state index contributed by atoms with van der Waals surface area (Å²) in [4.78, 5) is 19.2. The molecule has 2 rings (SSSR count). The van der Waals surface area contributed by atoms with E-state index in [9.17, 15) is 4.79 Å². The van der Waals surface area contributed by atoms with Crippen LogP contribution in [0.2, 0.25) is 0 Å². The van der Waals surface area contributed by atoms with Crippen LogP contribution >= 0.6 is 0 Å². The van der Waals surface area contributed by atoms with Gasteiger partial charge in [0.1, 0.15) is 0 Å². The van der Waals surface area contributed by atoms with Gasteiger partial charge in [0.25, 0.3) is 0 Å². The summed E-state index contributed by atoms with van der Waals surface area (Å²) >= 11 is 0. The maximum Gasteiger partial charge on any atom is 0.348 e. The predicted octanol–water partition coefficient (Wildman–Crippen LogP) is 0.659. The first-order chi connectivity index (χ1) is 6.77. The largest absolute Gasteiger partial charge is 0.478 e. The monoisotopic (exact) mass is 192 g/mol. The molecule has 2 heterocycles. The summed E-state index contributed by atoms with van der Waals surface area (Å²) in [6.07, 6.45) is 2.72. The van der Waals surface area contributed by atoms with Gasteiger partial charge in [-0.1, -0.05) is 5.16 Å². The van der Waals surface area contributed by atoms with E-state index >= 15 is 0 Å². The Morgan fingerprint density at radius 1 is 1.50 bits per heavy atom. The Labute approximate surface area is 80.0 Å². The predicted molar refractivity (Wildman–Crippen MR) is 47.9 cm³/mol. The zero-order valence-corrected chi connectivity index (χ0v) is 7.25. The van der Waals surface area contributed by atoms with Crippen molar-refractivity contribution in [3.63, 3.8) is 0 Å². The van der Waals surface area contributed by atoms with Gasteiger partial charge in [0.2, 0.25) is 6.10 Å². The van der Waals surface area contributed by atoms with E-state index in [0.717, 1.165) is 5.56 Å². The standard InChI is InChI=1S/C9H8N2O3/c12-9(13)8-5-7(11-14-8)6-1-3-10-4-2-6/h1-4,8H,5H2,(H,12,13)/t8-/m1/s1. The molecule has 0 aliphatic carbocycles. The van der Waals surface area contributed by atoms with E-state index in [1.54, 1.807) is 24.5 Å². The van der Waals surface area contributed by atoms with E-state index < -0.39 is 12.1 Å². The number of aliphatic carboxylic acids is 1. The Bertz CT molecular complexity index is 375. The lowest BCUT2D eigenvalue weighted by Crippen LogP contribution is -2.19. The highest BCUT2D eigenvalue weighted by molar-refractivity contribution is 6.03. The van der Waals surface area contributed by atoms with E-state index in [1.807, 2.05) is 0 Å². The van der Waals surface area contributed by atoms with Crippen molar-refractivity contribution in [2.75, 3.05) is 0 Å². The highest BCUT2D eigenvalue weighted by atomic mass is 16.7. The van der Waals surface area contributed by atoms with E-state index in [4.69, 9.17) is 9.94 Å². The Balaban J connectivity index is 2.13. The average Bonchev–Trinajstić information content (AvgIpc) is 2.68. The number of nitrogens with zero attached hydrogens (tertiary/aromatic N) is 2. The van der Waals surface area contributed by atoms with Crippen LogP contribution in [0.3, 0.4) is 0 Å². The Kier molecular flexibility index (Phi) is 2.14. The normalized spacial score (nSPS) is 20.0. The van der Waals surface area contributed by atoms with Crippen LogP contribution in [-0.4, -0.2) is 27.9 Å². The zero-order valence-electron chi connectivity index (χ0n) is 7.25. The highest BCUT2D eigenvalue weighted by Gasteiger charge is 2.28. The summed E-state index contributed by atoms with van der Waals surface area (Å²) in [6.45, 7) is 0. The summed E-state index contributed by atoms with van der Waals surface area (Å²) < 4.78 is 0. The zero-order chi connectivity index (χ0) is 9.97. The SMILES string of the molecule is O=C(O)[C@H]1CC(c2ccncc2)=NO1. The quantitative estimate of drug-likeness (QED) is 0.747. The number of oxime groups is 1. The summed E-state index contributed by atoms with van der Waals surface area (Å²) in [5, 5.41) is 12.4. The van der Waals surface area contributed by atoms with Gasteiger partial charge in [0, 0.05) is 24.4 Å². The van der Waals surface area contributed by atoms with Gasteiger partial charge >= 0.3 is 5.97 Å². The lowest BCUT2D eigenvalue weighted by molar-refractivity contribution is -0.148. The molecule has 1 aliphatic rings. The summed E-state index contributed by atoms with van der Waals surface area (Å²) in [6, 6.07) is 3.54. The first kappa shape index (κ1) is 8.68. The maximum absolute atomic E-state index is 10.6. The van der Waals surface area contributed by atoms with Crippen LogP contribution in [0.25, 0.3) is 0 Å². The number of hydrogen-bond acceptors (Lipinski definition) is 4. The van der Waals surface area contributed by atoms with Gasteiger partial charge in [-0.15, -0.1) is 0 Å². The van der Waals surface area contributed by atoms with Gasteiger partial charge < -0.3 is 9.94 Å². The third-order valence-electron chi connectivity index (χ3n) is 1.96. The first-order valence-electron chi connectivity index (χ1n) is 4.13. The number of carboxylic acids is 1. The molecule has 0 amide bonds. The lowest BCUT2D eigenvalue weighted by Gasteiger charge is -1.99. The third kappa shape index (κ3) is 1.56. The van der Waals surface area contributed by atoms with E-state index in [-0.39, 0.29) is 0 Å². The molecule has 0 unspecified atom stereocenters. The van der Waals surface area contributed by atoms with Crippen molar-refractivity contribution < 1.29 is 14.7 Å². The lowest BCUT2D eigenvalue weighted by atomic mass is 10.1. The molecular weight excluding hydrogens is 184 g/mol. The molecule has 0 saturated heterocycles. The second-order valence-electron chi connectivity index (χ2n) is 2.91. The molecule has 14 heavy (non-hydrogen) atoms. The molecule has 1 aliphatic heterocycles. The van der Waals surface area contributed by atoms with Crippen LogP contribution in [0.1, 0.15) is 12.0 Å². The number of rotatable bonds is 2. The second kappa shape index (κ2) is 3.45. The van der Waals surface area contributed by atoms with E-state index in [1.165, 1.54) is 0 Å². The van der Waals surface area contributed by atoms with Crippen LogP contribution in [0.4, 0.5) is 0 Å². The van der Waals surface area contributed by atoms with Gasteiger partial charge in [-0.2, -0.15) is 0 Å². The van der Waals surface area contributed by atoms with Gasteiger partial charge in [-0.3, -0.25) is 4.98 Å². The van der Waals surface area contributed by atoms with Crippen LogP contribution in [0.15, 0.2) is 29.7 Å². The molecule has 0 bridgehead atoms. The van der Waals surface area contributed by atoms with Crippen LogP contribution in [-0.2, 0) is 9.63 Å². The Morgan fingerprint density at radius 2 is 2.21 bits per heavy atom. The number of carboxylic acid groups (broad SMARTS) is 1. The molecule has 5 heteroatoms. The summed E-state index contributed by atoms with van der Waals surface area (Å²) in [5.74, 6) is -0.988. The third-order valence-corrected chi connectivity index (χ3v) is 1.96. The molecule has 1 N–H and O–H groups in total. The molecule has 0 radical (unpaired) electrons. The van der Waals surface area contributed by atoms with Gasteiger partial charge in [-0.25, -0.2) is 4.79 Å². The fourth-order valence-electron chi connectivity index (χ4n) is 1.22. The van der Waals surface area contributed by atoms with Gasteiger partial charge in [-0.05, 0) is 12.1 Å². The number of pyridine rings is 1. The van der Waals surface area contributed by atoms with Crippen molar-refractivity contribution in [2.24, 2.45) is 5.16 Å². The molecule has 5 nitrogen and oxygen atoms in total. The highest BCUT2D eigenvalue weighted by Crippen LogP contribution is 2.15. The molecule has 1 aromatic heterocycles. The van der Waals surface area contributed by atoms with Crippen molar-refractivity contribution in [1.82, 2.24) is 4.98 Å². The van der Waals surface area contributed by atoms with Crippen molar-refractivity contribution in [3.8, 4) is 0 Å². The second-order valence-corrected chi connectivity index (χ2v) is 2.91. The molecular formula is C9H8N2O3. The fraction of sp³-hybridized carbons (Fsp3) is 0.222. The van der Waals surface area contributed by atoms with Crippen LogP contribution in [0.5, 0.6) is 0 Å². The minimum Gasteiger partial charge on any atom is -0.478 e. The summed E-state index contributed by atoms with van der Waals surface area (Å²) in [7, 11) is 0. The van der Waals surface area contributed by atoms with Crippen LogP contribution in [0, 0.1) is 0 Å². The van der Waals surface area contributed by atoms with Crippen molar-refractivity contribution >= 4 is 11.7 Å². The van der Waals surface area contributed by atoms with Gasteiger partial charge in [0.15, 0.2) is 0 Å². The van der Waals surface area contributed by atoms with E-state index in [0.29, 0.717) is 12.1 Å². The molecule has 0 saturated carbocycles. The molecule has 0 spiro atoms. The average molecular weight is 192 g/mol. The van der Waals surface area contributed by atoms with Crippen LogP contribution < -0.4 is 0 Å². The molecule has 1 atom stereocenters. The Morgan fingerprint density at radius 3 is 2.79 bits per heavy atom. The summed E-state index contributed by atoms with van der Waals surface area (Å²) in [5.41, 5.74) is 1.50.